The Kier molecular flexibility index (Phi) is 8.08. The van der Waals surface area contributed by atoms with Gasteiger partial charge in [0.25, 0.3) is 5.19 Å². The summed E-state index contributed by atoms with van der Waals surface area (Å²) in [6.07, 6.45) is 4.01. The molecule has 7 heteroatoms. The normalized spacial score (nSPS) is 11.5. The standard InChI is InChI=1S/C34H35N3O3S/c1-22-17-25(12-14-29(22)39-5)24-9-7-23(8-10-24)21-37(31(38)19-34(2,3)4)32-28-13-11-27(18-26(28)15-16-35-32)30-20-36-33(40-6)41-30/h7-18,20H,19,21H2,1-6H3. The summed E-state index contributed by atoms with van der Waals surface area (Å²) in [7, 11) is 3.31. The average molecular weight is 566 g/mol. The average Bonchev–Trinajstić information content (AvgIpc) is 3.44. The van der Waals surface area contributed by atoms with Crippen molar-refractivity contribution in [2.75, 3.05) is 19.1 Å². The Labute approximate surface area is 245 Å². The molecule has 0 unspecified atom stereocenters. The van der Waals surface area contributed by atoms with Crippen LogP contribution in [0.1, 0.15) is 38.3 Å². The van der Waals surface area contributed by atoms with Crippen molar-refractivity contribution in [2.45, 2.75) is 40.7 Å². The largest absolute Gasteiger partial charge is 0.496 e. The van der Waals surface area contributed by atoms with Crippen LogP contribution in [-0.4, -0.2) is 30.1 Å². The van der Waals surface area contributed by atoms with Crippen molar-refractivity contribution in [1.29, 1.82) is 0 Å². The van der Waals surface area contributed by atoms with Crippen molar-refractivity contribution in [3.8, 4) is 32.5 Å². The number of hydrogen-bond acceptors (Lipinski definition) is 6. The number of aromatic nitrogens is 2. The zero-order valence-electron chi connectivity index (χ0n) is 24.4. The van der Waals surface area contributed by atoms with Crippen LogP contribution in [-0.2, 0) is 11.3 Å². The Hall–Kier alpha value is -4.23. The molecule has 2 heterocycles. The maximum absolute atomic E-state index is 13.8. The summed E-state index contributed by atoms with van der Waals surface area (Å²) in [6.45, 7) is 8.73. The van der Waals surface area contributed by atoms with Crippen LogP contribution in [0, 0.1) is 12.3 Å². The first-order valence-corrected chi connectivity index (χ1v) is 14.4. The number of aryl methyl sites for hydroxylation is 1. The van der Waals surface area contributed by atoms with Gasteiger partial charge >= 0.3 is 0 Å². The smallest absolute Gasteiger partial charge is 0.273 e. The predicted molar refractivity (Wildman–Crippen MR) is 168 cm³/mol. The number of nitrogens with zero attached hydrogens (tertiary/aromatic N) is 3. The molecule has 0 radical (unpaired) electrons. The number of carbonyl (C=O) groups is 1. The Morgan fingerprint density at radius 2 is 1.61 bits per heavy atom. The highest BCUT2D eigenvalue weighted by atomic mass is 32.1. The van der Waals surface area contributed by atoms with Crippen LogP contribution in [0.4, 0.5) is 5.82 Å². The quantitative estimate of drug-likeness (QED) is 0.189. The van der Waals surface area contributed by atoms with Crippen molar-refractivity contribution >= 4 is 33.8 Å². The molecular weight excluding hydrogens is 530 g/mol. The lowest BCUT2D eigenvalue weighted by Gasteiger charge is -2.27. The number of methoxy groups -OCH3 is 2. The molecule has 0 spiro atoms. The minimum Gasteiger partial charge on any atom is -0.496 e. The number of amides is 1. The number of pyridine rings is 1. The highest BCUT2D eigenvalue weighted by Gasteiger charge is 2.25. The van der Waals surface area contributed by atoms with Gasteiger partial charge in [-0.15, -0.1) is 0 Å². The van der Waals surface area contributed by atoms with Gasteiger partial charge in [0, 0.05) is 24.2 Å². The van der Waals surface area contributed by atoms with E-state index in [9.17, 15) is 4.79 Å². The fraction of sp³-hybridized carbons (Fsp3) is 0.265. The Morgan fingerprint density at radius 1 is 0.878 bits per heavy atom. The highest BCUT2D eigenvalue weighted by Crippen LogP contribution is 2.35. The monoisotopic (exact) mass is 565 g/mol. The molecule has 0 N–H and O–H groups in total. The zero-order valence-corrected chi connectivity index (χ0v) is 25.2. The third kappa shape index (κ3) is 6.41. The van der Waals surface area contributed by atoms with E-state index in [2.05, 4.69) is 74.3 Å². The van der Waals surface area contributed by atoms with Crippen molar-refractivity contribution in [3.05, 3.63) is 90.3 Å². The lowest BCUT2D eigenvalue weighted by Crippen LogP contribution is -2.34. The summed E-state index contributed by atoms with van der Waals surface area (Å²) < 4.78 is 10.7. The van der Waals surface area contributed by atoms with Gasteiger partial charge in [0.05, 0.1) is 25.6 Å². The number of hydrogen-bond donors (Lipinski definition) is 0. The molecule has 5 aromatic rings. The molecule has 3 aromatic carbocycles. The molecule has 0 aliphatic rings. The summed E-state index contributed by atoms with van der Waals surface area (Å²) in [6, 6.07) is 22.8. The summed E-state index contributed by atoms with van der Waals surface area (Å²) in [4.78, 5) is 25.7. The lowest BCUT2D eigenvalue weighted by atomic mass is 9.91. The van der Waals surface area contributed by atoms with E-state index in [0.29, 0.717) is 24.0 Å². The van der Waals surface area contributed by atoms with Crippen molar-refractivity contribution in [3.63, 3.8) is 0 Å². The second kappa shape index (κ2) is 11.7. The number of fused-ring (bicyclic) bond motifs is 1. The Bertz CT molecular complexity index is 1690. The van der Waals surface area contributed by atoms with E-state index in [0.717, 1.165) is 49.2 Å². The number of anilines is 1. The van der Waals surface area contributed by atoms with Crippen molar-refractivity contribution in [2.24, 2.45) is 5.41 Å². The minimum absolute atomic E-state index is 0.0450. The van der Waals surface area contributed by atoms with Gasteiger partial charge in [-0.05, 0) is 69.8 Å². The van der Waals surface area contributed by atoms with Crippen LogP contribution < -0.4 is 14.4 Å². The van der Waals surface area contributed by atoms with Gasteiger partial charge in [-0.25, -0.2) is 9.97 Å². The molecule has 0 bridgehead atoms. The third-order valence-corrected chi connectivity index (χ3v) is 7.96. The number of rotatable bonds is 8. The zero-order chi connectivity index (χ0) is 29.1. The van der Waals surface area contributed by atoms with Crippen molar-refractivity contribution < 1.29 is 14.3 Å². The Morgan fingerprint density at radius 3 is 2.27 bits per heavy atom. The van der Waals surface area contributed by atoms with Crippen molar-refractivity contribution in [1.82, 2.24) is 9.97 Å². The maximum atomic E-state index is 13.8. The SMILES string of the molecule is COc1ncc(-c2ccc3c(N(Cc4ccc(-c5ccc(OC)c(C)c5)cc4)C(=O)CC(C)(C)C)nccc3c2)s1. The van der Waals surface area contributed by atoms with Crippen LogP contribution in [0.25, 0.3) is 32.3 Å². The molecule has 0 saturated carbocycles. The number of carbonyl (C=O) groups excluding carboxylic acids is 1. The van der Waals surface area contributed by atoms with Gasteiger partial charge in [0.2, 0.25) is 5.91 Å². The van der Waals surface area contributed by atoms with Gasteiger partial charge in [0.1, 0.15) is 11.6 Å². The van der Waals surface area contributed by atoms with Gasteiger partial charge in [-0.2, -0.15) is 0 Å². The highest BCUT2D eigenvalue weighted by molar-refractivity contribution is 7.16. The van der Waals surface area contributed by atoms with E-state index < -0.39 is 0 Å². The first kappa shape index (κ1) is 28.3. The molecule has 0 aliphatic carbocycles. The maximum Gasteiger partial charge on any atom is 0.273 e. The van der Waals surface area contributed by atoms with Gasteiger partial charge in [0.15, 0.2) is 0 Å². The number of thiazole rings is 1. The van der Waals surface area contributed by atoms with Crippen LogP contribution in [0.2, 0.25) is 0 Å². The fourth-order valence-electron chi connectivity index (χ4n) is 4.89. The molecule has 6 nitrogen and oxygen atoms in total. The topological polar surface area (TPSA) is 64.6 Å². The summed E-state index contributed by atoms with van der Waals surface area (Å²) >= 11 is 1.50. The molecule has 41 heavy (non-hydrogen) atoms. The summed E-state index contributed by atoms with van der Waals surface area (Å²) in [5.74, 6) is 1.59. The van der Waals surface area contributed by atoms with Crippen LogP contribution in [0.3, 0.4) is 0 Å². The number of ether oxygens (including phenoxy) is 2. The lowest BCUT2D eigenvalue weighted by molar-refractivity contribution is -0.120. The molecule has 0 saturated heterocycles. The first-order chi connectivity index (χ1) is 19.6. The predicted octanol–water partition coefficient (Wildman–Crippen LogP) is 8.32. The van der Waals surface area contributed by atoms with Crippen LogP contribution >= 0.6 is 11.3 Å². The van der Waals surface area contributed by atoms with Gasteiger partial charge in [-0.1, -0.05) is 74.6 Å². The fourth-order valence-corrected chi connectivity index (χ4v) is 5.62. The van der Waals surface area contributed by atoms with E-state index in [4.69, 9.17) is 14.5 Å². The molecular formula is C34H35N3O3S. The third-order valence-electron chi connectivity index (χ3n) is 6.95. The molecule has 210 valence electrons. The van der Waals surface area contributed by atoms with Gasteiger partial charge in [-0.3, -0.25) is 9.69 Å². The Balaban J connectivity index is 1.48. The summed E-state index contributed by atoms with van der Waals surface area (Å²) in [5, 5.41) is 2.57. The molecule has 0 aliphatic heterocycles. The molecule has 5 rings (SSSR count). The molecule has 0 fully saturated rings. The van der Waals surface area contributed by atoms with E-state index in [1.807, 2.05) is 36.2 Å². The molecule has 2 aromatic heterocycles. The second-order valence-corrected chi connectivity index (χ2v) is 12.4. The first-order valence-electron chi connectivity index (χ1n) is 13.6. The van der Waals surface area contributed by atoms with Crippen LogP contribution in [0.5, 0.6) is 10.9 Å². The number of benzene rings is 3. The van der Waals surface area contributed by atoms with Crippen LogP contribution in [0.15, 0.2) is 79.1 Å². The summed E-state index contributed by atoms with van der Waals surface area (Å²) in [5.41, 5.74) is 5.26. The molecule has 1 amide bonds. The van der Waals surface area contributed by atoms with E-state index >= 15 is 0 Å². The minimum atomic E-state index is -0.158. The van der Waals surface area contributed by atoms with E-state index in [1.54, 1.807) is 20.4 Å². The van der Waals surface area contributed by atoms with E-state index in [1.165, 1.54) is 11.3 Å². The van der Waals surface area contributed by atoms with E-state index in [-0.39, 0.29) is 11.3 Å². The molecule has 0 atom stereocenters. The second-order valence-electron chi connectivity index (χ2n) is 11.4. The van der Waals surface area contributed by atoms with Gasteiger partial charge < -0.3 is 9.47 Å².